The van der Waals surface area contributed by atoms with Crippen LogP contribution in [0.5, 0.6) is 0 Å². The first-order chi connectivity index (χ1) is 14.4. The molecule has 0 radical (unpaired) electrons. The van der Waals surface area contributed by atoms with Gasteiger partial charge in [0, 0.05) is 59.1 Å². The quantitative estimate of drug-likeness (QED) is 0.506. The number of hydrogen-bond acceptors (Lipinski definition) is 3. The van der Waals surface area contributed by atoms with Gasteiger partial charge >= 0.3 is 0 Å². The van der Waals surface area contributed by atoms with E-state index in [1.807, 2.05) is 0 Å². The van der Waals surface area contributed by atoms with Gasteiger partial charge < -0.3 is 15.2 Å². The molecule has 2 N–H and O–H groups in total. The average Bonchev–Trinajstić information content (AvgIpc) is 3.38. The van der Waals surface area contributed by atoms with Gasteiger partial charge in [-0.25, -0.2) is 13.2 Å². The Bertz CT molecular complexity index is 1150. The summed E-state index contributed by atoms with van der Waals surface area (Å²) in [5, 5.41) is 3.07. The lowest BCUT2D eigenvalue weighted by atomic mass is 10.1. The summed E-state index contributed by atoms with van der Waals surface area (Å²) in [6.45, 7) is 0.477. The van der Waals surface area contributed by atoms with E-state index < -0.39 is 29.3 Å². The maximum Gasteiger partial charge on any atom is 0.253 e. The summed E-state index contributed by atoms with van der Waals surface area (Å²) in [6, 6.07) is 6.34. The first-order valence-electron chi connectivity index (χ1n) is 9.18. The fraction of sp³-hybridized carbons (Fsp3) is 0.190. The molecular formula is C21H16F3N3O3. The molecule has 2 heterocycles. The number of fused-ring (bicyclic) bond motifs is 1. The zero-order chi connectivity index (χ0) is 21.4. The normalized spacial score (nSPS) is 16.1. The van der Waals surface area contributed by atoms with Gasteiger partial charge in [-0.3, -0.25) is 14.4 Å². The van der Waals surface area contributed by atoms with Crippen molar-refractivity contribution in [3.05, 3.63) is 65.1 Å². The predicted octanol–water partition coefficient (Wildman–Crippen LogP) is 3.50. The standard InChI is InChI=1S/C21H16F3N3O3/c22-16-6-14(7-17(23)19(16)24)26-20(29)12-3-4-27(9-12)21(30)11-1-2-15-13(10-28)8-25-18(15)5-11/h1-2,5-8,10,12,25H,3-4,9H2,(H,26,29)/t12-/m0/s1. The van der Waals surface area contributed by atoms with Gasteiger partial charge in [0.05, 0.1) is 5.92 Å². The van der Waals surface area contributed by atoms with Crippen molar-refractivity contribution in [2.75, 3.05) is 18.4 Å². The molecule has 6 nitrogen and oxygen atoms in total. The Morgan fingerprint density at radius 2 is 1.87 bits per heavy atom. The van der Waals surface area contributed by atoms with E-state index in [0.29, 0.717) is 47.1 Å². The van der Waals surface area contributed by atoms with Gasteiger partial charge in [0.1, 0.15) is 0 Å². The van der Waals surface area contributed by atoms with E-state index in [4.69, 9.17) is 0 Å². The maximum absolute atomic E-state index is 13.3. The fourth-order valence-corrected chi connectivity index (χ4v) is 3.59. The lowest BCUT2D eigenvalue weighted by molar-refractivity contribution is -0.119. The molecule has 0 spiro atoms. The first kappa shape index (κ1) is 19.7. The Morgan fingerprint density at radius 1 is 1.13 bits per heavy atom. The van der Waals surface area contributed by atoms with Crippen molar-refractivity contribution < 1.29 is 27.6 Å². The first-order valence-corrected chi connectivity index (χ1v) is 9.18. The molecule has 0 aliphatic carbocycles. The monoisotopic (exact) mass is 415 g/mol. The van der Waals surface area contributed by atoms with E-state index in [1.54, 1.807) is 24.4 Å². The number of nitrogens with zero attached hydrogens (tertiary/aromatic N) is 1. The third-order valence-electron chi connectivity index (χ3n) is 5.19. The molecule has 0 saturated carbocycles. The molecule has 1 atom stereocenters. The number of carbonyl (C=O) groups is 3. The molecule has 1 fully saturated rings. The highest BCUT2D eigenvalue weighted by Gasteiger charge is 2.32. The lowest BCUT2D eigenvalue weighted by Crippen LogP contribution is -2.31. The van der Waals surface area contributed by atoms with Crippen LogP contribution in [0.25, 0.3) is 10.9 Å². The van der Waals surface area contributed by atoms with Crippen molar-refractivity contribution in [2.45, 2.75) is 6.42 Å². The van der Waals surface area contributed by atoms with Crippen LogP contribution in [0.1, 0.15) is 27.1 Å². The summed E-state index contributed by atoms with van der Waals surface area (Å²) >= 11 is 0. The number of benzene rings is 2. The molecule has 1 aliphatic heterocycles. The number of H-pyrrole nitrogens is 1. The molecule has 9 heteroatoms. The zero-order valence-corrected chi connectivity index (χ0v) is 15.5. The van der Waals surface area contributed by atoms with E-state index in [-0.39, 0.29) is 18.1 Å². The minimum Gasteiger partial charge on any atom is -0.360 e. The highest BCUT2D eigenvalue weighted by atomic mass is 19.2. The van der Waals surface area contributed by atoms with Crippen LogP contribution in [0.4, 0.5) is 18.9 Å². The Kier molecular flexibility index (Phi) is 5.03. The molecule has 1 saturated heterocycles. The number of halogens is 3. The van der Waals surface area contributed by atoms with E-state index in [2.05, 4.69) is 10.3 Å². The van der Waals surface area contributed by atoms with Gasteiger partial charge in [0.15, 0.2) is 23.7 Å². The van der Waals surface area contributed by atoms with Crippen molar-refractivity contribution in [3.63, 3.8) is 0 Å². The van der Waals surface area contributed by atoms with Crippen LogP contribution in [-0.4, -0.2) is 41.1 Å². The minimum absolute atomic E-state index is 0.138. The number of hydrogen-bond donors (Lipinski definition) is 2. The SMILES string of the molecule is O=Cc1c[nH]c2cc(C(=O)N3CC[C@H](C(=O)Nc4cc(F)c(F)c(F)c4)C3)ccc12. The summed E-state index contributed by atoms with van der Waals surface area (Å²) in [5.41, 5.74) is 1.36. The van der Waals surface area contributed by atoms with E-state index in [1.165, 1.54) is 4.90 Å². The third-order valence-corrected chi connectivity index (χ3v) is 5.19. The third kappa shape index (κ3) is 3.54. The number of rotatable bonds is 4. The number of aldehydes is 1. The van der Waals surface area contributed by atoms with E-state index in [0.717, 1.165) is 6.29 Å². The minimum atomic E-state index is -1.61. The molecule has 2 amide bonds. The Balaban J connectivity index is 1.44. The molecule has 0 unspecified atom stereocenters. The van der Waals surface area contributed by atoms with Crippen molar-refractivity contribution in [1.82, 2.24) is 9.88 Å². The Hall–Kier alpha value is -3.62. The number of anilines is 1. The van der Waals surface area contributed by atoms with Gasteiger partial charge in [-0.15, -0.1) is 0 Å². The molecule has 1 aromatic heterocycles. The van der Waals surface area contributed by atoms with Crippen molar-refractivity contribution >= 4 is 34.7 Å². The smallest absolute Gasteiger partial charge is 0.253 e. The van der Waals surface area contributed by atoms with Gasteiger partial charge in [0.2, 0.25) is 5.91 Å². The lowest BCUT2D eigenvalue weighted by Gasteiger charge is -2.17. The molecule has 0 bridgehead atoms. The number of nitrogens with one attached hydrogen (secondary N) is 2. The molecule has 3 aromatic rings. The molecule has 30 heavy (non-hydrogen) atoms. The molecular weight excluding hydrogens is 399 g/mol. The van der Waals surface area contributed by atoms with Crippen LogP contribution in [-0.2, 0) is 4.79 Å². The van der Waals surface area contributed by atoms with Crippen LogP contribution in [0.15, 0.2) is 36.5 Å². The van der Waals surface area contributed by atoms with E-state index >= 15 is 0 Å². The summed E-state index contributed by atoms with van der Waals surface area (Å²) in [6.07, 6.45) is 2.66. The highest BCUT2D eigenvalue weighted by molar-refractivity contribution is 6.02. The van der Waals surface area contributed by atoms with Gasteiger partial charge in [0.25, 0.3) is 5.91 Å². The largest absolute Gasteiger partial charge is 0.360 e. The maximum atomic E-state index is 13.3. The summed E-state index contributed by atoms with van der Waals surface area (Å²) in [5.74, 6) is -5.75. The topological polar surface area (TPSA) is 82.3 Å². The van der Waals surface area contributed by atoms with Gasteiger partial charge in [-0.2, -0.15) is 0 Å². The van der Waals surface area contributed by atoms with Gasteiger partial charge in [-0.05, 0) is 18.6 Å². The summed E-state index contributed by atoms with van der Waals surface area (Å²) < 4.78 is 39.7. The number of amides is 2. The second-order valence-electron chi connectivity index (χ2n) is 7.10. The van der Waals surface area contributed by atoms with Crippen LogP contribution in [0.3, 0.4) is 0 Å². The highest BCUT2D eigenvalue weighted by Crippen LogP contribution is 2.24. The van der Waals surface area contributed by atoms with E-state index in [9.17, 15) is 27.6 Å². The fourth-order valence-electron chi connectivity index (χ4n) is 3.59. The van der Waals surface area contributed by atoms with Crippen LogP contribution >= 0.6 is 0 Å². The summed E-state index contributed by atoms with van der Waals surface area (Å²) in [4.78, 5) is 40.7. The Labute approximate surface area is 168 Å². The second kappa shape index (κ2) is 7.66. The number of aromatic nitrogens is 1. The van der Waals surface area contributed by atoms with Crippen LogP contribution in [0, 0.1) is 23.4 Å². The van der Waals surface area contributed by atoms with Gasteiger partial charge in [-0.1, -0.05) is 6.07 Å². The molecule has 1 aliphatic rings. The molecule has 154 valence electrons. The number of aromatic amines is 1. The van der Waals surface area contributed by atoms with Crippen molar-refractivity contribution in [1.29, 1.82) is 0 Å². The summed E-state index contributed by atoms with van der Waals surface area (Å²) in [7, 11) is 0. The van der Waals surface area contributed by atoms with Crippen LogP contribution in [0.2, 0.25) is 0 Å². The van der Waals surface area contributed by atoms with Crippen LogP contribution < -0.4 is 5.32 Å². The molecule has 2 aromatic carbocycles. The number of carbonyl (C=O) groups excluding carboxylic acids is 3. The Morgan fingerprint density at radius 3 is 2.57 bits per heavy atom. The van der Waals surface area contributed by atoms with Crippen molar-refractivity contribution in [2.24, 2.45) is 5.92 Å². The second-order valence-corrected chi connectivity index (χ2v) is 7.10. The number of likely N-dealkylation sites (tertiary alicyclic amines) is 1. The molecule has 4 rings (SSSR count). The zero-order valence-electron chi connectivity index (χ0n) is 15.5. The predicted molar refractivity (Wildman–Crippen MR) is 103 cm³/mol. The average molecular weight is 415 g/mol. The van der Waals surface area contributed by atoms with Crippen molar-refractivity contribution in [3.8, 4) is 0 Å².